The smallest absolute Gasteiger partial charge is 0.171 e. The number of hydrogen-bond acceptors (Lipinski definition) is 2. The molecule has 0 saturated heterocycles. The number of benzene rings is 1. The van der Waals surface area contributed by atoms with Crippen LogP contribution in [0, 0.1) is 0 Å². The summed E-state index contributed by atoms with van der Waals surface area (Å²) in [5, 5.41) is 7.64. The molecule has 0 saturated carbocycles. The topological polar surface area (TPSA) is 37.0 Å². The van der Waals surface area contributed by atoms with Crippen LogP contribution in [0.2, 0.25) is 5.02 Å². The summed E-state index contributed by atoms with van der Waals surface area (Å²) >= 11 is 11.1. The molecule has 0 amide bonds. The number of rotatable bonds is 3. The number of nitrogens with zero attached hydrogens (tertiary/aromatic N) is 1. The van der Waals surface area contributed by atoms with Crippen LogP contribution in [0.25, 0.3) is 0 Å². The van der Waals surface area contributed by atoms with Crippen molar-refractivity contribution in [3.63, 3.8) is 0 Å². The standard InChI is InChI=1S/C14H14ClN3S/c1-10(11-2-4-12(15)5-3-11)17-14(19)18-13-6-8-16-9-7-13/h2-10H,1H3,(H2,16,17,18,19)/t10-/m1/s1. The summed E-state index contributed by atoms with van der Waals surface area (Å²) in [6.45, 7) is 2.05. The van der Waals surface area contributed by atoms with Gasteiger partial charge in [0.25, 0.3) is 0 Å². The van der Waals surface area contributed by atoms with Crippen molar-refractivity contribution >= 4 is 34.6 Å². The molecule has 1 heterocycles. The number of nitrogens with one attached hydrogen (secondary N) is 2. The Bertz CT molecular complexity index is 542. The molecule has 0 aliphatic carbocycles. The highest BCUT2D eigenvalue weighted by Crippen LogP contribution is 2.16. The maximum atomic E-state index is 5.86. The molecule has 1 atom stereocenters. The molecule has 1 aromatic heterocycles. The van der Waals surface area contributed by atoms with Gasteiger partial charge in [-0.1, -0.05) is 23.7 Å². The van der Waals surface area contributed by atoms with E-state index >= 15 is 0 Å². The zero-order valence-corrected chi connectivity index (χ0v) is 12.0. The molecule has 0 aliphatic heterocycles. The van der Waals surface area contributed by atoms with E-state index in [1.807, 2.05) is 43.3 Å². The second-order valence-corrected chi connectivity index (χ2v) is 4.95. The van der Waals surface area contributed by atoms with Crippen molar-refractivity contribution < 1.29 is 0 Å². The minimum Gasteiger partial charge on any atom is -0.356 e. The minimum absolute atomic E-state index is 0.110. The third-order valence-electron chi connectivity index (χ3n) is 2.66. The molecule has 3 nitrogen and oxygen atoms in total. The van der Waals surface area contributed by atoms with Gasteiger partial charge in [0.2, 0.25) is 0 Å². The zero-order chi connectivity index (χ0) is 13.7. The highest BCUT2D eigenvalue weighted by Gasteiger charge is 2.06. The molecule has 0 bridgehead atoms. The molecular formula is C14H14ClN3S. The summed E-state index contributed by atoms with van der Waals surface area (Å²) in [4.78, 5) is 3.95. The predicted molar refractivity (Wildman–Crippen MR) is 83.5 cm³/mol. The number of aromatic nitrogens is 1. The molecule has 2 N–H and O–H groups in total. The maximum absolute atomic E-state index is 5.86. The van der Waals surface area contributed by atoms with Gasteiger partial charge in [0, 0.05) is 23.1 Å². The van der Waals surface area contributed by atoms with Crippen molar-refractivity contribution in [3.8, 4) is 0 Å². The van der Waals surface area contributed by atoms with E-state index in [0.717, 1.165) is 16.3 Å². The van der Waals surface area contributed by atoms with Crippen molar-refractivity contribution in [2.45, 2.75) is 13.0 Å². The normalized spacial score (nSPS) is 11.7. The van der Waals surface area contributed by atoms with E-state index in [1.54, 1.807) is 12.4 Å². The summed E-state index contributed by atoms with van der Waals surface area (Å²) in [7, 11) is 0. The molecule has 0 unspecified atom stereocenters. The highest BCUT2D eigenvalue weighted by molar-refractivity contribution is 7.80. The predicted octanol–water partition coefficient (Wildman–Crippen LogP) is 3.78. The van der Waals surface area contributed by atoms with E-state index in [9.17, 15) is 0 Å². The van der Waals surface area contributed by atoms with Crippen molar-refractivity contribution in [2.24, 2.45) is 0 Å². The lowest BCUT2D eigenvalue weighted by Gasteiger charge is -2.17. The molecule has 19 heavy (non-hydrogen) atoms. The Morgan fingerprint density at radius 2 is 1.79 bits per heavy atom. The molecule has 1 aromatic carbocycles. The molecule has 2 aromatic rings. The third-order valence-corrected chi connectivity index (χ3v) is 3.13. The van der Waals surface area contributed by atoms with E-state index in [0.29, 0.717) is 5.11 Å². The summed E-state index contributed by atoms with van der Waals surface area (Å²) in [6.07, 6.45) is 3.43. The van der Waals surface area contributed by atoms with Gasteiger partial charge in [-0.05, 0) is 49.0 Å². The number of pyridine rings is 1. The Labute approximate surface area is 123 Å². The van der Waals surface area contributed by atoms with Crippen molar-refractivity contribution in [1.29, 1.82) is 0 Å². The van der Waals surface area contributed by atoms with Gasteiger partial charge in [-0.3, -0.25) is 4.98 Å². The molecule has 0 aliphatic rings. The Balaban J connectivity index is 1.93. The zero-order valence-electron chi connectivity index (χ0n) is 10.4. The Morgan fingerprint density at radius 3 is 2.42 bits per heavy atom. The Hall–Kier alpha value is -1.65. The number of halogens is 1. The fourth-order valence-corrected chi connectivity index (χ4v) is 2.05. The third kappa shape index (κ3) is 4.19. The fraction of sp³-hybridized carbons (Fsp3) is 0.143. The van der Waals surface area contributed by atoms with Crippen LogP contribution in [0.3, 0.4) is 0 Å². The van der Waals surface area contributed by atoms with E-state index < -0.39 is 0 Å². The van der Waals surface area contributed by atoms with Gasteiger partial charge in [-0.2, -0.15) is 0 Å². The first kappa shape index (κ1) is 13.8. The number of anilines is 1. The van der Waals surface area contributed by atoms with E-state index in [4.69, 9.17) is 23.8 Å². The minimum atomic E-state index is 0.110. The van der Waals surface area contributed by atoms with Gasteiger partial charge in [0.05, 0.1) is 6.04 Å². The molecule has 2 rings (SSSR count). The summed E-state index contributed by atoms with van der Waals surface area (Å²) < 4.78 is 0. The van der Waals surface area contributed by atoms with E-state index in [2.05, 4.69) is 15.6 Å². The van der Waals surface area contributed by atoms with Crippen LogP contribution in [0.5, 0.6) is 0 Å². The van der Waals surface area contributed by atoms with Crippen LogP contribution < -0.4 is 10.6 Å². The first-order valence-corrected chi connectivity index (χ1v) is 6.67. The lowest BCUT2D eigenvalue weighted by atomic mass is 10.1. The van der Waals surface area contributed by atoms with Gasteiger partial charge in [0.15, 0.2) is 5.11 Å². The molecule has 0 radical (unpaired) electrons. The number of hydrogen-bond donors (Lipinski definition) is 2. The second-order valence-electron chi connectivity index (χ2n) is 4.11. The number of thiocarbonyl (C=S) groups is 1. The van der Waals surface area contributed by atoms with E-state index in [1.165, 1.54) is 0 Å². The van der Waals surface area contributed by atoms with Crippen molar-refractivity contribution in [3.05, 3.63) is 59.4 Å². The van der Waals surface area contributed by atoms with Crippen LogP contribution in [-0.2, 0) is 0 Å². The highest BCUT2D eigenvalue weighted by atomic mass is 35.5. The molecule has 5 heteroatoms. The van der Waals surface area contributed by atoms with Gasteiger partial charge in [-0.15, -0.1) is 0 Å². The average Bonchev–Trinajstić information content (AvgIpc) is 2.40. The van der Waals surface area contributed by atoms with Gasteiger partial charge in [-0.25, -0.2) is 0 Å². The Morgan fingerprint density at radius 1 is 1.16 bits per heavy atom. The second kappa shape index (κ2) is 6.50. The quantitative estimate of drug-likeness (QED) is 0.844. The fourth-order valence-electron chi connectivity index (χ4n) is 1.63. The van der Waals surface area contributed by atoms with Crippen LogP contribution in [0.1, 0.15) is 18.5 Å². The lowest BCUT2D eigenvalue weighted by Crippen LogP contribution is -2.30. The van der Waals surface area contributed by atoms with Gasteiger partial charge < -0.3 is 10.6 Å². The van der Waals surface area contributed by atoms with Crippen LogP contribution in [0.4, 0.5) is 5.69 Å². The van der Waals surface area contributed by atoms with E-state index in [-0.39, 0.29) is 6.04 Å². The van der Waals surface area contributed by atoms with Gasteiger partial charge >= 0.3 is 0 Å². The first-order valence-electron chi connectivity index (χ1n) is 5.88. The Kier molecular flexibility index (Phi) is 4.71. The summed E-state index contributed by atoms with van der Waals surface area (Å²) in [6, 6.07) is 11.5. The largest absolute Gasteiger partial charge is 0.356 e. The van der Waals surface area contributed by atoms with Crippen LogP contribution in [-0.4, -0.2) is 10.1 Å². The first-order chi connectivity index (χ1) is 9.15. The summed E-state index contributed by atoms with van der Waals surface area (Å²) in [5.41, 5.74) is 2.04. The average molecular weight is 292 g/mol. The monoisotopic (exact) mass is 291 g/mol. The lowest BCUT2D eigenvalue weighted by molar-refractivity contribution is 0.722. The van der Waals surface area contributed by atoms with Crippen LogP contribution in [0.15, 0.2) is 48.8 Å². The molecular weight excluding hydrogens is 278 g/mol. The van der Waals surface area contributed by atoms with Crippen LogP contribution >= 0.6 is 23.8 Å². The van der Waals surface area contributed by atoms with Gasteiger partial charge in [0.1, 0.15) is 0 Å². The van der Waals surface area contributed by atoms with Crippen molar-refractivity contribution in [1.82, 2.24) is 10.3 Å². The summed E-state index contributed by atoms with van der Waals surface area (Å²) in [5.74, 6) is 0. The maximum Gasteiger partial charge on any atom is 0.171 e. The molecule has 0 fully saturated rings. The SMILES string of the molecule is C[C@@H](NC(=S)Nc1ccncc1)c1ccc(Cl)cc1. The van der Waals surface area contributed by atoms with Crippen molar-refractivity contribution in [2.75, 3.05) is 5.32 Å². The molecule has 0 spiro atoms. The molecule has 98 valence electrons.